The minimum absolute atomic E-state index is 0.385. The predicted molar refractivity (Wildman–Crippen MR) is 66.0 cm³/mol. The van der Waals surface area contributed by atoms with Crippen LogP contribution in [0.2, 0.25) is 0 Å². The summed E-state index contributed by atoms with van der Waals surface area (Å²) in [4.78, 5) is 8.00. The maximum Gasteiger partial charge on any atom is 0.276 e. The summed E-state index contributed by atoms with van der Waals surface area (Å²) in [6.07, 6.45) is 3.40. The number of hydrogen-bond acceptors (Lipinski definition) is 3. The van der Waals surface area contributed by atoms with Gasteiger partial charge in [0.1, 0.15) is 12.0 Å². The Balaban J connectivity index is 0.000000686. The average molecular weight is 252 g/mol. The van der Waals surface area contributed by atoms with Crippen LogP contribution in [0.5, 0.6) is 0 Å². The number of allylic oxidation sites excluding steroid dienone is 1. The number of benzene rings is 1. The molecule has 0 saturated carbocycles. The molecule has 4 nitrogen and oxygen atoms in total. The van der Waals surface area contributed by atoms with Crippen molar-refractivity contribution in [2.24, 2.45) is 0 Å². The lowest BCUT2D eigenvalue weighted by atomic mass is 9.94. The summed E-state index contributed by atoms with van der Waals surface area (Å²) in [5.74, 6) is 0. The number of rotatable bonds is 1. The molecule has 0 saturated heterocycles. The van der Waals surface area contributed by atoms with Crippen LogP contribution < -0.4 is 0 Å². The fourth-order valence-electron chi connectivity index (χ4n) is 1.74. The van der Waals surface area contributed by atoms with E-state index >= 15 is 0 Å². The highest BCUT2D eigenvalue weighted by Gasteiger charge is 2.30. The lowest BCUT2D eigenvalue weighted by Gasteiger charge is -2.20. The van der Waals surface area contributed by atoms with E-state index in [0.717, 1.165) is 5.56 Å². The minimum atomic E-state index is -4.14. The minimum Gasteiger partial charge on any atom is -0.307 e. The summed E-state index contributed by atoms with van der Waals surface area (Å²) >= 11 is 0. The summed E-state index contributed by atoms with van der Waals surface area (Å²) in [7, 11) is -4.14. The summed E-state index contributed by atoms with van der Waals surface area (Å²) in [5, 5.41) is -1.03. The van der Waals surface area contributed by atoms with Crippen molar-refractivity contribution >= 4 is 23.0 Å². The van der Waals surface area contributed by atoms with Crippen LogP contribution in [0.15, 0.2) is 42.5 Å². The Kier molecular flexibility index (Phi) is 3.98. The molecule has 0 spiro atoms. The van der Waals surface area contributed by atoms with Gasteiger partial charge in [-0.2, -0.15) is 8.42 Å². The van der Waals surface area contributed by atoms with Gasteiger partial charge in [0, 0.05) is 0 Å². The topological polar surface area (TPSA) is 71.4 Å². The molecule has 0 amide bonds. The van der Waals surface area contributed by atoms with Crippen LogP contribution in [-0.4, -0.2) is 19.8 Å². The van der Waals surface area contributed by atoms with E-state index in [-0.39, 0.29) is 0 Å². The van der Waals surface area contributed by atoms with Gasteiger partial charge >= 0.3 is 0 Å². The first-order valence-electron chi connectivity index (χ1n) is 4.71. The monoisotopic (exact) mass is 252 g/mol. The molecular weight excluding hydrogens is 240 g/mol. The molecule has 90 valence electrons. The fraction of sp³-hybridized carbons (Fsp3) is 0.0833. The van der Waals surface area contributed by atoms with Gasteiger partial charge in [-0.25, -0.2) is 0 Å². The molecule has 1 aliphatic rings. The Hall–Kier alpha value is -1.72. The molecule has 0 bridgehead atoms. The normalized spacial score (nSPS) is 17.9. The van der Waals surface area contributed by atoms with Crippen molar-refractivity contribution in [1.29, 1.82) is 0 Å². The van der Waals surface area contributed by atoms with E-state index < -0.39 is 15.4 Å². The Morgan fingerprint density at radius 3 is 2.29 bits per heavy atom. The first-order valence-corrected chi connectivity index (χ1v) is 6.21. The van der Waals surface area contributed by atoms with E-state index in [2.05, 4.69) is 6.58 Å². The second-order valence-electron chi connectivity index (χ2n) is 3.43. The third kappa shape index (κ3) is 2.69. The zero-order chi connectivity index (χ0) is 13.1. The van der Waals surface area contributed by atoms with E-state index in [1.165, 1.54) is 0 Å². The third-order valence-electron chi connectivity index (χ3n) is 2.39. The predicted octanol–water partition coefficient (Wildman–Crippen LogP) is 2.01. The fourth-order valence-corrected chi connectivity index (χ4v) is 2.73. The molecule has 1 atom stereocenters. The highest BCUT2D eigenvalue weighted by atomic mass is 32.2. The number of fused-ring (bicyclic) bond motifs is 1. The molecular formula is C12H12O4S. The van der Waals surface area contributed by atoms with E-state index in [1.807, 2.05) is 12.9 Å². The van der Waals surface area contributed by atoms with E-state index in [4.69, 9.17) is 9.35 Å². The quantitative estimate of drug-likeness (QED) is 0.776. The van der Waals surface area contributed by atoms with Gasteiger partial charge in [-0.1, -0.05) is 43.0 Å². The molecule has 5 heteroatoms. The van der Waals surface area contributed by atoms with Crippen molar-refractivity contribution in [2.45, 2.75) is 5.25 Å². The molecule has 0 aliphatic heterocycles. The maximum atomic E-state index is 11.2. The van der Waals surface area contributed by atoms with Crippen molar-refractivity contribution in [3.63, 3.8) is 0 Å². The van der Waals surface area contributed by atoms with E-state index in [9.17, 15) is 8.42 Å². The second kappa shape index (κ2) is 5.07. The standard InChI is InChI=1S/C11H10O3S.CH2O/c1-8-6-7-9-4-2-3-5-10(9)11(8)15(12,13)14;1-2/h2-7,11H,1H2,(H,12,13,14);1H2. The van der Waals surface area contributed by atoms with Crippen LogP contribution in [0.25, 0.3) is 6.08 Å². The van der Waals surface area contributed by atoms with Gasteiger partial charge in [-0.05, 0) is 16.7 Å². The lowest BCUT2D eigenvalue weighted by molar-refractivity contribution is -0.0979. The molecule has 0 aromatic heterocycles. The smallest absolute Gasteiger partial charge is 0.276 e. The van der Waals surface area contributed by atoms with Crippen molar-refractivity contribution in [1.82, 2.24) is 0 Å². The molecule has 1 aromatic rings. The summed E-state index contributed by atoms with van der Waals surface area (Å²) in [6, 6.07) is 7.04. The van der Waals surface area contributed by atoms with Gasteiger partial charge in [0.25, 0.3) is 10.1 Å². The Morgan fingerprint density at radius 1 is 1.12 bits per heavy atom. The van der Waals surface area contributed by atoms with Gasteiger partial charge in [-0.15, -0.1) is 0 Å². The van der Waals surface area contributed by atoms with E-state index in [1.54, 1.807) is 30.4 Å². The highest BCUT2D eigenvalue weighted by molar-refractivity contribution is 7.86. The van der Waals surface area contributed by atoms with Crippen molar-refractivity contribution in [2.75, 3.05) is 0 Å². The lowest BCUT2D eigenvalue weighted by Crippen LogP contribution is -2.16. The van der Waals surface area contributed by atoms with Crippen molar-refractivity contribution in [3.05, 3.63) is 53.6 Å². The summed E-state index contributed by atoms with van der Waals surface area (Å²) < 4.78 is 31.6. The number of carbonyl (C=O) groups is 1. The Labute approximate surface area is 100 Å². The highest BCUT2D eigenvalue weighted by Crippen LogP contribution is 2.35. The summed E-state index contributed by atoms with van der Waals surface area (Å²) in [5.41, 5.74) is 1.76. The largest absolute Gasteiger partial charge is 0.307 e. The average Bonchev–Trinajstić information content (AvgIpc) is 2.29. The van der Waals surface area contributed by atoms with Crippen LogP contribution in [0.3, 0.4) is 0 Å². The van der Waals surface area contributed by atoms with Gasteiger partial charge < -0.3 is 4.79 Å². The van der Waals surface area contributed by atoms with Crippen LogP contribution in [0.4, 0.5) is 0 Å². The Bertz CT molecular complexity index is 558. The van der Waals surface area contributed by atoms with Gasteiger partial charge in [-0.3, -0.25) is 4.55 Å². The number of hydrogen-bond donors (Lipinski definition) is 1. The van der Waals surface area contributed by atoms with Gasteiger partial charge in [0.2, 0.25) is 0 Å². The molecule has 0 fully saturated rings. The molecule has 1 aliphatic carbocycles. The number of carbonyl (C=O) groups excluding carboxylic acids is 1. The first-order chi connectivity index (χ1) is 8.00. The van der Waals surface area contributed by atoms with Crippen molar-refractivity contribution in [3.8, 4) is 0 Å². The zero-order valence-corrected chi connectivity index (χ0v) is 9.85. The molecule has 2 rings (SSSR count). The molecule has 0 radical (unpaired) electrons. The molecule has 1 unspecified atom stereocenters. The summed E-state index contributed by atoms with van der Waals surface area (Å²) in [6.45, 7) is 5.63. The SMILES string of the molecule is C=C1C=Cc2ccccc2C1S(=O)(=O)O.C=O. The van der Waals surface area contributed by atoms with Crippen LogP contribution in [-0.2, 0) is 14.9 Å². The maximum absolute atomic E-state index is 11.2. The van der Waals surface area contributed by atoms with E-state index in [0.29, 0.717) is 11.1 Å². The van der Waals surface area contributed by atoms with Crippen molar-refractivity contribution < 1.29 is 17.8 Å². The van der Waals surface area contributed by atoms with Gasteiger partial charge in [0.15, 0.2) is 0 Å². The first kappa shape index (κ1) is 13.3. The molecule has 0 heterocycles. The molecule has 1 aromatic carbocycles. The second-order valence-corrected chi connectivity index (χ2v) is 4.93. The van der Waals surface area contributed by atoms with Crippen LogP contribution >= 0.6 is 0 Å². The third-order valence-corrected chi connectivity index (χ3v) is 3.54. The van der Waals surface area contributed by atoms with Gasteiger partial charge in [0.05, 0.1) is 0 Å². The molecule has 17 heavy (non-hydrogen) atoms. The zero-order valence-electron chi connectivity index (χ0n) is 9.04. The van der Waals surface area contributed by atoms with Crippen LogP contribution in [0.1, 0.15) is 16.4 Å². The Morgan fingerprint density at radius 2 is 1.71 bits per heavy atom. The molecule has 1 N–H and O–H groups in total. The van der Waals surface area contributed by atoms with Crippen LogP contribution in [0, 0.1) is 0 Å².